The number of halogens is 1. The van der Waals surface area contributed by atoms with Crippen LogP contribution < -0.4 is 4.18 Å². The van der Waals surface area contributed by atoms with Gasteiger partial charge in [-0.05, 0) is 55.0 Å². The lowest BCUT2D eigenvalue weighted by Crippen LogP contribution is -2.10. The molecule has 1 aromatic heterocycles. The first-order chi connectivity index (χ1) is 11.0. The Hall–Kier alpha value is -2.31. The third-order valence-electron chi connectivity index (χ3n) is 3.17. The lowest BCUT2D eigenvalue weighted by atomic mass is 10.2. The molecular formula is C16H13ClN2O3S. The predicted octanol–water partition coefficient (Wildman–Crippen LogP) is 3.60. The molecule has 5 nitrogen and oxygen atoms in total. The highest BCUT2D eigenvalue weighted by Crippen LogP contribution is 2.26. The molecule has 0 saturated heterocycles. The number of nitrogens with zero attached hydrogens (tertiary/aromatic N) is 2. The molecule has 0 bridgehead atoms. The minimum atomic E-state index is -3.98. The van der Waals surface area contributed by atoms with E-state index in [0.29, 0.717) is 0 Å². The molecular weight excluding hydrogens is 336 g/mol. The molecule has 118 valence electrons. The molecule has 0 fully saturated rings. The zero-order valence-electron chi connectivity index (χ0n) is 12.2. The standard InChI is InChI=1S/C16H13ClN2O3S/c1-12-3-8-16(15(17)11-12)23(20,21)22-14-6-4-13(5-7-14)19-10-2-9-18-19/h2-11H,1H3. The zero-order chi connectivity index (χ0) is 16.4. The second-order valence-corrected chi connectivity index (χ2v) is 6.84. The van der Waals surface area contributed by atoms with Crippen LogP contribution in [-0.4, -0.2) is 18.2 Å². The maximum Gasteiger partial charge on any atom is 0.340 e. The highest BCUT2D eigenvalue weighted by Gasteiger charge is 2.20. The van der Waals surface area contributed by atoms with Crippen molar-refractivity contribution in [2.75, 3.05) is 0 Å². The Morgan fingerprint density at radius 3 is 2.48 bits per heavy atom. The molecule has 0 aliphatic carbocycles. The fraction of sp³-hybridized carbons (Fsp3) is 0.0625. The molecule has 2 aromatic carbocycles. The molecule has 0 spiro atoms. The molecule has 3 rings (SSSR count). The molecule has 0 atom stereocenters. The first-order valence-electron chi connectivity index (χ1n) is 6.76. The Labute approximate surface area is 139 Å². The summed E-state index contributed by atoms with van der Waals surface area (Å²) < 4.78 is 31.4. The van der Waals surface area contributed by atoms with Gasteiger partial charge in [0.2, 0.25) is 0 Å². The Balaban J connectivity index is 1.86. The second kappa shape index (κ2) is 6.06. The number of hydrogen-bond acceptors (Lipinski definition) is 4. The molecule has 3 aromatic rings. The highest BCUT2D eigenvalue weighted by atomic mass is 35.5. The molecule has 7 heteroatoms. The van der Waals surface area contributed by atoms with Gasteiger partial charge in [0.05, 0.1) is 10.7 Å². The van der Waals surface area contributed by atoms with E-state index < -0.39 is 10.1 Å². The normalized spacial score (nSPS) is 11.4. The lowest BCUT2D eigenvalue weighted by Gasteiger charge is -2.09. The average molecular weight is 349 g/mol. The van der Waals surface area contributed by atoms with Gasteiger partial charge in [-0.1, -0.05) is 17.7 Å². The molecule has 0 unspecified atom stereocenters. The monoisotopic (exact) mass is 348 g/mol. The summed E-state index contributed by atoms with van der Waals surface area (Å²) in [4.78, 5) is -0.0547. The van der Waals surface area contributed by atoms with E-state index in [1.807, 2.05) is 6.92 Å². The van der Waals surface area contributed by atoms with E-state index in [-0.39, 0.29) is 15.7 Å². The van der Waals surface area contributed by atoms with E-state index in [4.69, 9.17) is 15.8 Å². The first kappa shape index (κ1) is 15.6. The quantitative estimate of drug-likeness (QED) is 0.676. The van der Waals surface area contributed by atoms with E-state index in [1.165, 1.54) is 6.07 Å². The van der Waals surface area contributed by atoms with Crippen molar-refractivity contribution in [1.29, 1.82) is 0 Å². The number of rotatable bonds is 4. The zero-order valence-corrected chi connectivity index (χ0v) is 13.8. The molecule has 0 saturated carbocycles. The second-order valence-electron chi connectivity index (χ2n) is 4.92. The van der Waals surface area contributed by atoms with Crippen LogP contribution >= 0.6 is 11.6 Å². The molecule has 0 aliphatic heterocycles. The summed E-state index contributed by atoms with van der Waals surface area (Å²) in [6.45, 7) is 1.83. The summed E-state index contributed by atoms with van der Waals surface area (Å²) in [6.07, 6.45) is 3.45. The number of hydrogen-bond donors (Lipinski definition) is 0. The van der Waals surface area contributed by atoms with Crippen LogP contribution in [0.4, 0.5) is 0 Å². The van der Waals surface area contributed by atoms with Gasteiger partial charge in [-0.25, -0.2) is 4.68 Å². The third-order valence-corrected chi connectivity index (χ3v) is 4.90. The first-order valence-corrected chi connectivity index (χ1v) is 8.55. The Kier molecular flexibility index (Phi) is 4.11. The maximum absolute atomic E-state index is 12.3. The lowest BCUT2D eigenvalue weighted by molar-refractivity contribution is 0.486. The number of benzene rings is 2. The van der Waals surface area contributed by atoms with Crippen molar-refractivity contribution >= 4 is 21.7 Å². The molecule has 23 heavy (non-hydrogen) atoms. The highest BCUT2D eigenvalue weighted by molar-refractivity contribution is 7.87. The minimum Gasteiger partial charge on any atom is -0.379 e. The van der Waals surface area contributed by atoms with Gasteiger partial charge >= 0.3 is 10.1 Å². The molecule has 1 heterocycles. The van der Waals surface area contributed by atoms with Gasteiger partial charge in [-0.15, -0.1) is 0 Å². The average Bonchev–Trinajstić information content (AvgIpc) is 3.01. The van der Waals surface area contributed by atoms with Gasteiger partial charge in [0.15, 0.2) is 0 Å². The van der Waals surface area contributed by atoms with Gasteiger partial charge < -0.3 is 4.18 Å². The van der Waals surface area contributed by atoms with Crippen LogP contribution in [0.25, 0.3) is 5.69 Å². The smallest absolute Gasteiger partial charge is 0.340 e. The molecule has 0 amide bonds. The van der Waals surface area contributed by atoms with Crippen LogP contribution in [0.1, 0.15) is 5.56 Å². The van der Waals surface area contributed by atoms with Gasteiger partial charge in [0, 0.05) is 12.4 Å². The van der Waals surface area contributed by atoms with Crippen molar-refractivity contribution < 1.29 is 12.6 Å². The van der Waals surface area contributed by atoms with Crippen LogP contribution in [0.3, 0.4) is 0 Å². The van der Waals surface area contributed by atoms with Gasteiger partial charge in [0.25, 0.3) is 0 Å². The fourth-order valence-corrected chi connectivity index (χ4v) is 3.56. The molecule has 0 aliphatic rings. The van der Waals surface area contributed by atoms with E-state index in [0.717, 1.165) is 11.3 Å². The van der Waals surface area contributed by atoms with Crippen LogP contribution in [0, 0.1) is 6.92 Å². The third kappa shape index (κ3) is 3.38. The Morgan fingerprint density at radius 2 is 1.87 bits per heavy atom. The van der Waals surface area contributed by atoms with Gasteiger partial charge in [0.1, 0.15) is 10.6 Å². The summed E-state index contributed by atoms with van der Waals surface area (Å²) in [5.41, 5.74) is 1.67. The maximum atomic E-state index is 12.3. The van der Waals surface area contributed by atoms with Crippen molar-refractivity contribution in [3.05, 3.63) is 71.5 Å². The van der Waals surface area contributed by atoms with Crippen LogP contribution in [0.5, 0.6) is 5.75 Å². The predicted molar refractivity (Wildman–Crippen MR) is 87.6 cm³/mol. The topological polar surface area (TPSA) is 61.2 Å². The van der Waals surface area contributed by atoms with Gasteiger partial charge in [-0.2, -0.15) is 13.5 Å². The largest absolute Gasteiger partial charge is 0.379 e. The molecule has 0 N–H and O–H groups in total. The Bertz CT molecular complexity index is 920. The van der Waals surface area contributed by atoms with Crippen molar-refractivity contribution in [3.63, 3.8) is 0 Å². The van der Waals surface area contributed by atoms with Crippen molar-refractivity contribution in [2.45, 2.75) is 11.8 Å². The van der Waals surface area contributed by atoms with Gasteiger partial charge in [-0.3, -0.25) is 0 Å². The van der Waals surface area contributed by atoms with E-state index >= 15 is 0 Å². The Morgan fingerprint density at radius 1 is 1.13 bits per heavy atom. The van der Waals surface area contributed by atoms with Crippen LogP contribution in [-0.2, 0) is 10.1 Å². The fourth-order valence-electron chi connectivity index (χ4n) is 2.06. The SMILES string of the molecule is Cc1ccc(S(=O)(=O)Oc2ccc(-n3cccn3)cc2)c(Cl)c1. The van der Waals surface area contributed by atoms with E-state index in [9.17, 15) is 8.42 Å². The number of aryl methyl sites for hydroxylation is 1. The summed E-state index contributed by atoms with van der Waals surface area (Å²) in [7, 11) is -3.98. The summed E-state index contributed by atoms with van der Waals surface area (Å²) >= 11 is 6.00. The van der Waals surface area contributed by atoms with Crippen molar-refractivity contribution in [2.24, 2.45) is 0 Å². The van der Waals surface area contributed by atoms with E-state index in [2.05, 4.69) is 5.10 Å². The van der Waals surface area contributed by atoms with Crippen molar-refractivity contribution in [1.82, 2.24) is 9.78 Å². The van der Waals surface area contributed by atoms with Crippen LogP contribution in [0.15, 0.2) is 65.8 Å². The molecule has 0 radical (unpaired) electrons. The summed E-state index contributed by atoms with van der Waals surface area (Å²) in [6, 6.07) is 13.1. The van der Waals surface area contributed by atoms with Crippen molar-refractivity contribution in [3.8, 4) is 11.4 Å². The van der Waals surface area contributed by atoms with E-state index in [1.54, 1.807) is 59.5 Å². The minimum absolute atomic E-state index is 0.0547. The summed E-state index contributed by atoms with van der Waals surface area (Å²) in [5, 5.41) is 4.24. The number of aromatic nitrogens is 2. The summed E-state index contributed by atoms with van der Waals surface area (Å²) in [5.74, 6) is 0.206. The van der Waals surface area contributed by atoms with Crippen LogP contribution in [0.2, 0.25) is 5.02 Å².